The van der Waals surface area contributed by atoms with E-state index in [9.17, 15) is 13.6 Å². The number of benzene rings is 2. The maximum absolute atomic E-state index is 12.5. The Kier molecular flexibility index (Phi) is 7.35. The topological polar surface area (TPSA) is 125 Å². The van der Waals surface area contributed by atoms with E-state index in [4.69, 9.17) is 4.74 Å². The summed E-state index contributed by atoms with van der Waals surface area (Å²) in [6.45, 7) is 1.58. The highest BCUT2D eigenvalue weighted by atomic mass is 32.2. The normalized spacial score (nSPS) is 15.4. The molecular formula is C24H23N6O4S2-. The number of carbonyl (C=O) groups is 1. The molecule has 5 rings (SSSR count). The standard InChI is InChI=1S/C24H24N6O4S2/c31-23(9-6-17-4-2-1-3-5-17)29-12-10-19(11-13-29)30-15-18(26-28-30)16-34-20-7-8-21-22(14-20)35-24(25-21)27-36(32)33/h1-9,14-15,19H,10-13,16H2,(H,25,27)(H,32,33)/p-1/b9-6+. The number of nitrogens with zero attached hydrogens (tertiary/aromatic N) is 5. The van der Waals surface area contributed by atoms with Crippen molar-refractivity contribution in [1.82, 2.24) is 24.9 Å². The first kappa shape index (κ1) is 24.1. The summed E-state index contributed by atoms with van der Waals surface area (Å²) in [6, 6.07) is 15.3. The van der Waals surface area contributed by atoms with Crippen LogP contribution >= 0.6 is 11.3 Å². The van der Waals surface area contributed by atoms with Crippen LogP contribution < -0.4 is 9.46 Å². The van der Waals surface area contributed by atoms with Gasteiger partial charge in [0.1, 0.15) is 18.1 Å². The minimum Gasteiger partial charge on any atom is -0.755 e. The molecule has 1 amide bonds. The van der Waals surface area contributed by atoms with Crippen molar-refractivity contribution in [2.45, 2.75) is 25.5 Å². The van der Waals surface area contributed by atoms with E-state index < -0.39 is 11.3 Å². The highest BCUT2D eigenvalue weighted by Gasteiger charge is 2.23. The van der Waals surface area contributed by atoms with Crippen molar-refractivity contribution < 1.29 is 18.3 Å². The van der Waals surface area contributed by atoms with E-state index in [0.29, 0.717) is 35.2 Å². The van der Waals surface area contributed by atoms with Crippen molar-refractivity contribution in [2.75, 3.05) is 17.8 Å². The largest absolute Gasteiger partial charge is 0.755 e. The fourth-order valence-electron chi connectivity index (χ4n) is 4.01. The van der Waals surface area contributed by atoms with Gasteiger partial charge in [0.15, 0.2) is 5.13 Å². The Labute approximate surface area is 214 Å². The number of aromatic nitrogens is 4. The van der Waals surface area contributed by atoms with Gasteiger partial charge in [0, 0.05) is 30.4 Å². The van der Waals surface area contributed by atoms with Crippen LogP contribution in [0, 0.1) is 0 Å². The quantitative estimate of drug-likeness (QED) is 0.277. The Morgan fingerprint density at radius 2 is 2.03 bits per heavy atom. The van der Waals surface area contributed by atoms with Crippen molar-refractivity contribution in [1.29, 1.82) is 0 Å². The van der Waals surface area contributed by atoms with E-state index in [1.807, 2.05) is 58.3 Å². The van der Waals surface area contributed by atoms with Gasteiger partial charge in [0.05, 0.1) is 22.5 Å². The molecule has 1 N–H and O–H groups in total. The van der Waals surface area contributed by atoms with E-state index in [1.54, 1.807) is 18.2 Å². The molecule has 0 bridgehead atoms. The molecule has 0 saturated carbocycles. The third kappa shape index (κ3) is 5.96. The van der Waals surface area contributed by atoms with Crippen molar-refractivity contribution >= 4 is 49.9 Å². The lowest BCUT2D eigenvalue weighted by molar-refractivity contribution is -0.127. The van der Waals surface area contributed by atoms with Crippen LogP contribution in [0.15, 0.2) is 60.8 Å². The molecule has 0 aliphatic carbocycles. The molecule has 186 valence electrons. The predicted molar refractivity (Wildman–Crippen MR) is 137 cm³/mol. The first-order valence-electron chi connectivity index (χ1n) is 11.4. The van der Waals surface area contributed by atoms with Gasteiger partial charge in [0.25, 0.3) is 0 Å². The zero-order valence-corrected chi connectivity index (χ0v) is 20.8. The minimum atomic E-state index is -2.41. The highest BCUT2D eigenvalue weighted by molar-refractivity contribution is 7.80. The van der Waals surface area contributed by atoms with E-state index in [2.05, 4.69) is 20.0 Å². The van der Waals surface area contributed by atoms with Gasteiger partial charge in [-0.15, -0.1) is 5.10 Å². The van der Waals surface area contributed by atoms with Gasteiger partial charge in [-0.2, -0.15) is 0 Å². The molecule has 2 aromatic heterocycles. The third-order valence-corrected chi connectivity index (χ3v) is 7.27. The minimum absolute atomic E-state index is 0.0204. The molecule has 10 nitrogen and oxygen atoms in total. The molecule has 3 heterocycles. The molecule has 36 heavy (non-hydrogen) atoms. The van der Waals surface area contributed by atoms with E-state index in [-0.39, 0.29) is 18.6 Å². The number of rotatable bonds is 8. The van der Waals surface area contributed by atoms with Crippen molar-refractivity contribution in [3.63, 3.8) is 0 Å². The summed E-state index contributed by atoms with van der Waals surface area (Å²) in [4.78, 5) is 18.6. The summed E-state index contributed by atoms with van der Waals surface area (Å²) in [5, 5.41) is 8.81. The monoisotopic (exact) mass is 523 g/mol. The summed E-state index contributed by atoms with van der Waals surface area (Å²) in [5.74, 6) is 0.651. The Morgan fingerprint density at radius 1 is 1.22 bits per heavy atom. The smallest absolute Gasteiger partial charge is 0.246 e. The number of anilines is 1. The predicted octanol–water partition coefficient (Wildman–Crippen LogP) is 3.55. The number of nitrogens with one attached hydrogen (secondary N) is 1. The molecule has 12 heteroatoms. The lowest BCUT2D eigenvalue weighted by atomic mass is 10.1. The maximum atomic E-state index is 12.5. The van der Waals surface area contributed by atoms with E-state index >= 15 is 0 Å². The SMILES string of the molecule is O=C(/C=C/c1ccccc1)N1CCC(n2cc(COc3ccc4nc(NS(=O)[O-])sc4c3)nn2)CC1. The van der Waals surface area contributed by atoms with Gasteiger partial charge in [-0.05, 0) is 42.7 Å². The molecule has 1 aliphatic heterocycles. The van der Waals surface area contributed by atoms with Gasteiger partial charge in [0.2, 0.25) is 5.91 Å². The number of hydrogen-bond donors (Lipinski definition) is 1. The Balaban J connectivity index is 1.12. The molecule has 0 spiro atoms. The zero-order valence-electron chi connectivity index (χ0n) is 19.1. The fourth-order valence-corrected chi connectivity index (χ4v) is 5.32. The Bertz CT molecular complexity index is 1400. The van der Waals surface area contributed by atoms with Crippen LogP contribution in [0.4, 0.5) is 5.13 Å². The second-order valence-corrected chi connectivity index (χ2v) is 9.97. The lowest BCUT2D eigenvalue weighted by Gasteiger charge is -2.31. The summed E-state index contributed by atoms with van der Waals surface area (Å²) in [6.07, 6.45) is 6.97. The Hall–Kier alpha value is -3.61. The van der Waals surface area contributed by atoms with Crippen molar-refractivity contribution in [3.8, 4) is 5.75 Å². The van der Waals surface area contributed by atoms with E-state index in [0.717, 1.165) is 23.1 Å². The molecule has 1 saturated heterocycles. The molecule has 1 unspecified atom stereocenters. The first-order valence-corrected chi connectivity index (χ1v) is 13.2. The molecule has 1 fully saturated rings. The van der Waals surface area contributed by atoms with Gasteiger partial charge in [-0.25, -0.2) is 9.67 Å². The van der Waals surface area contributed by atoms with Crippen LogP contribution in [0.5, 0.6) is 5.75 Å². The number of thiazole rings is 1. The molecule has 2 aromatic carbocycles. The summed E-state index contributed by atoms with van der Waals surface area (Å²) in [7, 11) is 0. The third-order valence-electron chi connectivity index (χ3n) is 5.84. The van der Waals surface area contributed by atoms with Crippen LogP contribution in [-0.2, 0) is 22.7 Å². The fraction of sp³-hybridized carbons (Fsp3) is 0.250. The first-order chi connectivity index (χ1) is 17.5. The van der Waals surface area contributed by atoms with Crippen LogP contribution in [0.3, 0.4) is 0 Å². The average Bonchev–Trinajstić information content (AvgIpc) is 3.52. The van der Waals surface area contributed by atoms with Crippen LogP contribution in [0.25, 0.3) is 16.3 Å². The molecule has 0 radical (unpaired) electrons. The van der Waals surface area contributed by atoms with Gasteiger partial charge < -0.3 is 14.2 Å². The van der Waals surface area contributed by atoms with Crippen LogP contribution in [-0.4, -0.2) is 52.6 Å². The number of fused-ring (bicyclic) bond motifs is 1. The molecule has 4 aromatic rings. The number of piperidine rings is 1. The highest BCUT2D eigenvalue weighted by Crippen LogP contribution is 2.30. The maximum Gasteiger partial charge on any atom is 0.246 e. The zero-order chi connectivity index (χ0) is 24.9. The summed E-state index contributed by atoms with van der Waals surface area (Å²) < 4.78 is 32.4. The summed E-state index contributed by atoms with van der Waals surface area (Å²) >= 11 is -1.18. The molecule has 1 aliphatic rings. The second kappa shape index (κ2) is 11.0. The number of hydrogen-bond acceptors (Lipinski definition) is 8. The van der Waals surface area contributed by atoms with Gasteiger partial charge in [-0.1, -0.05) is 46.9 Å². The van der Waals surface area contributed by atoms with E-state index in [1.165, 1.54) is 11.3 Å². The van der Waals surface area contributed by atoms with Gasteiger partial charge >= 0.3 is 0 Å². The lowest BCUT2D eigenvalue weighted by Crippen LogP contribution is -2.38. The van der Waals surface area contributed by atoms with Crippen LogP contribution in [0.1, 0.15) is 30.1 Å². The number of ether oxygens (including phenoxy) is 1. The second-order valence-electron chi connectivity index (χ2n) is 8.26. The molecular weight excluding hydrogens is 500 g/mol. The van der Waals surface area contributed by atoms with Crippen LogP contribution in [0.2, 0.25) is 0 Å². The van der Waals surface area contributed by atoms with Crippen molar-refractivity contribution in [3.05, 3.63) is 72.1 Å². The number of likely N-dealkylation sites (tertiary alicyclic amines) is 1. The number of carbonyl (C=O) groups excluding carboxylic acids is 1. The molecule has 1 atom stereocenters. The summed E-state index contributed by atoms with van der Waals surface area (Å²) in [5.41, 5.74) is 2.39. The van der Waals surface area contributed by atoms with Crippen molar-refractivity contribution in [2.24, 2.45) is 0 Å². The van der Waals surface area contributed by atoms with Gasteiger partial charge in [-0.3, -0.25) is 13.7 Å². The average molecular weight is 524 g/mol. The Morgan fingerprint density at radius 3 is 2.81 bits per heavy atom. The number of amides is 1.